The lowest BCUT2D eigenvalue weighted by Gasteiger charge is -2.28. The number of hydrogen-bond donors (Lipinski definition) is 1. The molecular weight excluding hydrogens is 436 g/mol. The second kappa shape index (κ2) is 9.44. The third kappa shape index (κ3) is 4.27. The van der Waals surface area contributed by atoms with Crippen LogP contribution in [0.25, 0.3) is 10.8 Å². The molecule has 0 fully saturated rings. The summed E-state index contributed by atoms with van der Waals surface area (Å²) in [7, 11) is 0. The van der Waals surface area contributed by atoms with E-state index in [0.717, 1.165) is 27.5 Å². The monoisotopic (exact) mass is 462 g/mol. The Morgan fingerprint density at radius 3 is 2.51 bits per heavy atom. The smallest absolute Gasteiger partial charge is 0.205 e. The molecule has 35 heavy (non-hydrogen) atoms. The van der Waals surface area contributed by atoms with Crippen LogP contribution in [0.4, 0.5) is 0 Å². The zero-order chi connectivity index (χ0) is 24.4. The molecule has 5 heteroatoms. The van der Waals surface area contributed by atoms with E-state index in [1.165, 1.54) is 5.56 Å². The van der Waals surface area contributed by atoms with Crippen molar-refractivity contribution in [2.75, 3.05) is 6.61 Å². The van der Waals surface area contributed by atoms with E-state index >= 15 is 0 Å². The van der Waals surface area contributed by atoms with Crippen molar-refractivity contribution in [3.8, 4) is 23.3 Å². The Kier molecular flexibility index (Phi) is 6.03. The summed E-state index contributed by atoms with van der Waals surface area (Å²) in [5.41, 5.74) is 10.7. The van der Waals surface area contributed by atoms with Crippen LogP contribution in [0, 0.1) is 18.3 Å². The lowest BCUT2D eigenvalue weighted by molar-refractivity contribution is 0.269. The van der Waals surface area contributed by atoms with Crippen molar-refractivity contribution in [2.45, 2.75) is 26.4 Å². The summed E-state index contributed by atoms with van der Waals surface area (Å²) < 4.78 is 18.0. The Morgan fingerprint density at radius 1 is 0.943 bits per heavy atom. The zero-order valence-electron chi connectivity index (χ0n) is 19.7. The SMILES string of the molecule is CCOc1cc(C2C(C#N)=C(N)Oc3c2ccc2ccccc32)ccc1OCc1ccc(C)cc1. The molecule has 0 aromatic heterocycles. The number of benzene rings is 4. The maximum atomic E-state index is 9.97. The summed E-state index contributed by atoms with van der Waals surface area (Å²) in [5, 5.41) is 12.0. The lowest BCUT2D eigenvalue weighted by Crippen LogP contribution is -2.21. The molecule has 0 saturated heterocycles. The van der Waals surface area contributed by atoms with E-state index in [0.29, 0.717) is 36.0 Å². The van der Waals surface area contributed by atoms with Gasteiger partial charge in [-0.15, -0.1) is 0 Å². The number of allylic oxidation sites excluding steroid dienone is 1. The topological polar surface area (TPSA) is 77.5 Å². The Bertz CT molecular complexity index is 1470. The van der Waals surface area contributed by atoms with Crippen LogP contribution in [0.5, 0.6) is 17.2 Å². The van der Waals surface area contributed by atoms with Gasteiger partial charge in [-0.25, -0.2) is 0 Å². The molecule has 0 amide bonds. The van der Waals surface area contributed by atoms with Crippen molar-refractivity contribution in [3.63, 3.8) is 0 Å². The van der Waals surface area contributed by atoms with Crippen LogP contribution in [0.1, 0.15) is 35.1 Å². The van der Waals surface area contributed by atoms with Gasteiger partial charge in [-0.2, -0.15) is 5.26 Å². The normalized spacial score (nSPS) is 14.7. The molecule has 4 aromatic rings. The molecule has 5 nitrogen and oxygen atoms in total. The molecule has 1 aliphatic rings. The van der Waals surface area contributed by atoms with Gasteiger partial charge in [0.2, 0.25) is 5.88 Å². The van der Waals surface area contributed by atoms with E-state index in [4.69, 9.17) is 19.9 Å². The van der Waals surface area contributed by atoms with E-state index in [-0.39, 0.29) is 11.8 Å². The van der Waals surface area contributed by atoms with Crippen LogP contribution >= 0.6 is 0 Å². The van der Waals surface area contributed by atoms with Gasteiger partial charge in [-0.3, -0.25) is 0 Å². The van der Waals surface area contributed by atoms with Crippen LogP contribution in [0.3, 0.4) is 0 Å². The number of nitriles is 1. The Balaban J connectivity index is 1.55. The van der Waals surface area contributed by atoms with Crippen molar-refractivity contribution >= 4 is 10.8 Å². The fourth-order valence-electron chi connectivity index (χ4n) is 4.47. The molecule has 4 aromatic carbocycles. The summed E-state index contributed by atoms with van der Waals surface area (Å²) in [6.07, 6.45) is 0. The molecule has 1 aliphatic heterocycles. The predicted molar refractivity (Wildman–Crippen MR) is 136 cm³/mol. The molecule has 0 bridgehead atoms. The van der Waals surface area contributed by atoms with Crippen LogP contribution < -0.4 is 19.9 Å². The van der Waals surface area contributed by atoms with E-state index in [2.05, 4.69) is 37.3 Å². The largest absolute Gasteiger partial charge is 0.490 e. The highest BCUT2D eigenvalue weighted by Gasteiger charge is 2.32. The molecule has 1 atom stereocenters. The average Bonchev–Trinajstić information content (AvgIpc) is 2.88. The van der Waals surface area contributed by atoms with Gasteiger partial charge in [-0.1, -0.05) is 72.3 Å². The standard InChI is InChI=1S/C30H26N2O3/c1-3-33-27-16-22(13-15-26(27)34-18-20-10-8-19(2)9-11-20)28-24-14-12-21-6-4-5-7-23(21)29(24)35-30(32)25(28)17-31/h4-16,28H,3,18,32H2,1-2H3. The molecule has 5 rings (SSSR count). The van der Waals surface area contributed by atoms with Crippen molar-refractivity contribution in [2.24, 2.45) is 5.73 Å². The van der Waals surface area contributed by atoms with E-state index in [9.17, 15) is 5.26 Å². The van der Waals surface area contributed by atoms with Gasteiger partial charge in [-0.05, 0) is 42.5 Å². The molecule has 1 unspecified atom stereocenters. The van der Waals surface area contributed by atoms with E-state index in [1.807, 2.05) is 61.5 Å². The number of hydrogen-bond acceptors (Lipinski definition) is 5. The molecule has 0 aliphatic carbocycles. The van der Waals surface area contributed by atoms with Gasteiger partial charge >= 0.3 is 0 Å². The van der Waals surface area contributed by atoms with Crippen molar-refractivity contribution in [1.82, 2.24) is 0 Å². The number of ether oxygens (including phenoxy) is 3. The number of aryl methyl sites for hydroxylation is 1. The summed E-state index contributed by atoms with van der Waals surface area (Å²) in [5.74, 6) is 1.71. The second-order valence-corrected chi connectivity index (χ2v) is 8.54. The van der Waals surface area contributed by atoms with Gasteiger partial charge in [0.1, 0.15) is 24.0 Å². The quantitative estimate of drug-likeness (QED) is 0.362. The van der Waals surface area contributed by atoms with Crippen LogP contribution in [-0.4, -0.2) is 6.61 Å². The zero-order valence-corrected chi connectivity index (χ0v) is 19.7. The van der Waals surface area contributed by atoms with E-state index < -0.39 is 0 Å². The minimum Gasteiger partial charge on any atom is -0.490 e. The number of nitrogens with zero attached hydrogens (tertiary/aromatic N) is 1. The molecule has 2 N–H and O–H groups in total. The van der Waals surface area contributed by atoms with Gasteiger partial charge in [0.15, 0.2) is 11.5 Å². The number of fused-ring (bicyclic) bond motifs is 3. The number of rotatable bonds is 6. The minimum absolute atomic E-state index is 0.124. The molecule has 0 saturated carbocycles. The van der Waals surface area contributed by atoms with Gasteiger partial charge in [0.25, 0.3) is 0 Å². The van der Waals surface area contributed by atoms with Crippen molar-refractivity contribution in [3.05, 3.63) is 113 Å². The van der Waals surface area contributed by atoms with Gasteiger partial charge in [0.05, 0.1) is 12.5 Å². The Labute approximate surface area is 205 Å². The Morgan fingerprint density at radius 2 is 1.74 bits per heavy atom. The highest BCUT2D eigenvalue weighted by Crippen LogP contribution is 2.46. The molecule has 174 valence electrons. The summed E-state index contributed by atoms with van der Waals surface area (Å²) in [4.78, 5) is 0. The minimum atomic E-state index is -0.376. The first kappa shape index (κ1) is 22.4. The van der Waals surface area contributed by atoms with Crippen LogP contribution in [0.15, 0.2) is 90.3 Å². The third-order valence-corrected chi connectivity index (χ3v) is 6.22. The second-order valence-electron chi connectivity index (χ2n) is 8.54. The third-order valence-electron chi connectivity index (χ3n) is 6.22. The maximum absolute atomic E-state index is 9.97. The maximum Gasteiger partial charge on any atom is 0.205 e. The van der Waals surface area contributed by atoms with E-state index in [1.54, 1.807) is 0 Å². The molecular formula is C30H26N2O3. The van der Waals surface area contributed by atoms with Crippen molar-refractivity contribution in [1.29, 1.82) is 5.26 Å². The van der Waals surface area contributed by atoms with Crippen molar-refractivity contribution < 1.29 is 14.2 Å². The fraction of sp³-hybridized carbons (Fsp3) is 0.167. The van der Waals surface area contributed by atoms with Gasteiger partial charge in [0, 0.05) is 10.9 Å². The summed E-state index contributed by atoms with van der Waals surface area (Å²) >= 11 is 0. The summed E-state index contributed by atoms with van der Waals surface area (Å²) in [6, 6.07) is 28.4. The number of nitrogens with two attached hydrogens (primary N) is 1. The first-order chi connectivity index (χ1) is 17.1. The Hall–Kier alpha value is -4.43. The van der Waals surface area contributed by atoms with Gasteiger partial charge < -0.3 is 19.9 Å². The average molecular weight is 463 g/mol. The molecule has 1 heterocycles. The molecule has 0 spiro atoms. The summed E-state index contributed by atoms with van der Waals surface area (Å²) in [6.45, 7) is 4.92. The first-order valence-corrected chi connectivity index (χ1v) is 11.6. The first-order valence-electron chi connectivity index (χ1n) is 11.6. The highest BCUT2D eigenvalue weighted by molar-refractivity contribution is 5.91. The molecule has 0 radical (unpaired) electrons. The van der Waals surface area contributed by atoms with Crippen LogP contribution in [0.2, 0.25) is 0 Å². The highest BCUT2D eigenvalue weighted by atomic mass is 16.5. The predicted octanol–water partition coefficient (Wildman–Crippen LogP) is 6.34. The van der Waals surface area contributed by atoms with Crippen LogP contribution in [-0.2, 0) is 6.61 Å². The fourth-order valence-corrected chi connectivity index (χ4v) is 4.47. The lowest BCUT2D eigenvalue weighted by atomic mass is 9.82.